The molecule has 1 aliphatic heterocycles. The first-order valence-corrected chi connectivity index (χ1v) is 8.18. The van der Waals surface area contributed by atoms with Gasteiger partial charge < -0.3 is 4.90 Å². The number of hydrogen-bond acceptors (Lipinski definition) is 3. The number of hydrogen-bond donors (Lipinski definition) is 1. The third kappa shape index (κ3) is 2.14. The molecule has 1 saturated heterocycles. The number of aryl methyl sites for hydroxylation is 1. The topological polar surface area (TPSA) is 49.4 Å². The quantitative estimate of drug-likeness (QED) is 0.870. The van der Waals surface area contributed by atoms with Crippen molar-refractivity contribution in [1.29, 1.82) is 0 Å². The van der Waals surface area contributed by atoms with Gasteiger partial charge in [0, 0.05) is 9.75 Å². The first-order valence-electron chi connectivity index (χ1n) is 7.36. The molecule has 0 bridgehead atoms. The number of carbonyl (C=O) groups excluding carboxylic acids is 2. The molecule has 0 radical (unpaired) electrons. The van der Waals surface area contributed by atoms with Crippen molar-refractivity contribution < 1.29 is 9.59 Å². The number of urea groups is 1. The van der Waals surface area contributed by atoms with Crippen molar-refractivity contribution in [2.75, 3.05) is 0 Å². The summed E-state index contributed by atoms with van der Waals surface area (Å²) in [6.07, 6.45) is 5.84. The Balaban J connectivity index is 1.85. The van der Waals surface area contributed by atoms with Crippen molar-refractivity contribution >= 4 is 23.3 Å². The Hall–Kier alpha value is -1.36. The molecule has 2 heterocycles. The van der Waals surface area contributed by atoms with E-state index in [1.165, 1.54) is 4.88 Å². The normalized spacial score (nSPS) is 21.6. The van der Waals surface area contributed by atoms with Gasteiger partial charge in [-0.15, -0.1) is 11.3 Å². The molecule has 1 aromatic heterocycles. The summed E-state index contributed by atoms with van der Waals surface area (Å²) in [4.78, 5) is 28.7. The largest absolute Gasteiger partial charge is 0.325 e. The summed E-state index contributed by atoms with van der Waals surface area (Å²) in [5.74, 6) is -0.0885. The summed E-state index contributed by atoms with van der Waals surface area (Å²) < 4.78 is 0. The highest BCUT2D eigenvalue weighted by Gasteiger charge is 2.52. The molecule has 0 aromatic carbocycles. The van der Waals surface area contributed by atoms with E-state index in [1.54, 1.807) is 16.2 Å². The molecular formula is C15H20N2O2S. The molecule has 1 spiro atoms. The van der Waals surface area contributed by atoms with Gasteiger partial charge in [-0.3, -0.25) is 10.1 Å². The molecule has 4 nitrogen and oxygen atoms in total. The molecule has 0 atom stereocenters. The van der Waals surface area contributed by atoms with Gasteiger partial charge in [0.1, 0.15) is 5.54 Å². The van der Waals surface area contributed by atoms with E-state index in [-0.39, 0.29) is 11.9 Å². The third-order valence-corrected chi connectivity index (χ3v) is 5.68. The Morgan fingerprint density at radius 2 is 1.90 bits per heavy atom. The van der Waals surface area contributed by atoms with E-state index in [1.807, 2.05) is 0 Å². The van der Waals surface area contributed by atoms with Crippen molar-refractivity contribution in [3.05, 3.63) is 21.9 Å². The van der Waals surface area contributed by atoms with Crippen LogP contribution in [0.5, 0.6) is 0 Å². The van der Waals surface area contributed by atoms with Gasteiger partial charge in [0.2, 0.25) is 0 Å². The maximum absolute atomic E-state index is 12.3. The smallest absolute Gasteiger partial charge is 0.305 e. The van der Waals surface area contributed by atoms with Gasteiger partial charge in [-0.05, 0) is 31.4 Å². The Kier molecular flexibility index (Phi) is 3.54. The predicted molar refractivity (Wildman–Crippen MR) is 78.6 cm³/mol. The highest BCUT2D eigenvalue weighted by atomic mass is 32.1. The van der Waals surface area contributed by atoms with Crippen LogP contribution in [0.2, 0.25) is 0 Å². The van der Waals surface area contributed by atoms with Gasteiger partial charge in [0.25, 0.3) is 5.91 Å². The van der Waals surface area contributed by atoms with Crippen LogP contribution in [0.4, 0.5) is 4.79 Å². The second-order valence-electron chi connectivity index (χ2n) is 5.66. The summed E-state index contributed by atoms with van der Waals surface area (Å²) in [7, 11) is 0. The second kappa shape index (κ2) is 5.20. The zero-order valence-electron chi connectivity index (χ0n) is 11.8. The van der Waals surface area contributed by atoms with E-state index in [4.69, 9.17) is 0 Å². The van der Waals surface area contributed by atoms with Crippen LogP contribution in [0.25, 0.3) is 0 Å². The van der Waals surface area contributed by atoms with E-state index in [2.05, 4.69) is 24.4 Å². The second-order valence-corrected chi connectivity index (χ2v) is 6.91. The molecule has 2 fully saturated rings. The summed E-state index contributed by atoms with van der Waals surface area (Å²) >= 11 is 1.74. The van der Waals surface area contributed by atoms with Crippen molar-refractivity contribution in [2.45, 2.75) is 57.5 Å². The van der Waals surface area contributed by atoms with Crippen LogP contribution in [0.1, 0.15) is 48.8 Å². The van der Waals surface area contributed by atoms with E-state index in [0.29, 0.717) is 6.54 Å². The summed E-state index contributed by atoms with van der Waals surface area (Å²) in [5.41, 5.74) is -0.578. The maximum atomic E-state index is 12.3. The molecule has 108 valence electrons. The predicted octanol–water partition coefficient (Wildman–Crippen LogP) is 3.07. The fourth-order valence-corrected chi connectivity index (χ4v) is 4.25. The van der Waals surface area contributed by atoms with Crippen LogP contribution in [0.3, 0.4) is 0 Å². The molecule has 2 aliphatic rings. The zero-order chi connectivity index (χ0) is 14.2. The fourth-order valence-electron chi connectivity index (χ4n) is 3.31. The van der Waals surface area contributed by atoms with Crippen molar-refractivity contribution in [1.82, 2.24) is 10.2 Å². The number of thiophene rings is 1. The molecule has 5 heteroatoms. The van der Waals surface area contributed by atoms with E-state index >= 15 is 0 Å². The lowest BCUT2D eigenvalue weighted by molar-refractivity contribution is -0.128. The highest BCUT2D eigenvalue weighted by molar-refractivity contribution is 7.11. The van der Waals surface area contributed by atoms with Crippen molar-refractivity contribution in [3.8, 4) is 0 Å². The minimum atomic E-state index is -0.578. The van der Waals surface area contributed by atoms with Gasteiger partial charge in [0.15, 0.2) is 0 Å². The standard InChI is InChI=1S/C15H20N2O2S/c1-2-11-6-7-12(20-11)10-17-14(19)16-13(18)15(17)8-4-3-5-9-15/h6-7H,2-5,8-10H2,1H3,(H,16,18,19). The molecular weight excluding hydrogens is 272 g/mol. The van der Waals surface area contributed by atoms with Crippen LogP contribution in [0, 0.1) is 0 Å². The maximum Gasteiger partial charge on any atom is 0.325 e. The van der Waals surface area contributed by atoms with Crippen LogP contribution < -0.4 is 5.32 Å². The summed E-state index contributed by atoms with van der Waals surface area (Å²) in [6.45, 7) is 2.69. The molecule has 1 aromatic rings. The van der Waals surface area contributed by atoms with E-state index in [0.717, 1.165) is 43.4 Å². The lowest BCUT2D eigenvalue weighted by atomic mass is 9.80. The average Bonchev–Trinajstić information content (AvgIpc) is 3.00. The number of imide groups is 1. The number of rotatable bonds is 3. The molecule has 0 unspecified atom stereocenters. The average molecular weight is 292 g/mol. The molecule has 1 N–H and O–H groups in total. The number of carbonyl (C=O) groups is 2. The van der Waals surface area contributed by atoms with Crippen molar-refractivity contribution in [2.24, 2.45) is 0 Å². The van der Waals surface area contributed by atoms with Gasteiger partial charge in [-0.2, -0.15) is 0 Å². The van der Waals surface area contributed by atoms with Crippen molar-refractivity contribution in [3.63, 3.8) is 0 Å². The number of nitrogens with zero attached hydrogens (tertiary/aromatic N) is 1. The highest BCUT2D eigenvalue weighted by Crippen LogP contribution is 2.38. The molecule has 1 saturated carbocycles. The Bertz CT molecular complexity index is 532. The van der Waals surface area contributed by atoms with Crippen LogP contribution >= 0.6 is 11.3 Å². The first kappa shape index (κ1) is 13.6. The number of nitrogens with one attached hydrogen (secondary N) is 1. The lowest BCUT2D eigenvalue weighted by Gasteiger charge is -2.38. The van der Waals surface area contributed by atoms with Gasteiger partial charge in [-0.25, -0.2) is 4.79 Å². The zero-order valence-corrected chi connectivity index (χ0v) is 12.6. The van der Waals surface area contributed by atoms with Gasteiger partial charge in [-0.1, -0.05) is 26.2 Å². The summed E-state index contributed by atoms with van der Waals surface area (Å²) in [6, 6.07) is 3.97. The first-order chi connectivity index (χ1) is 9.65. The fraction of sp³-hybridized carbons (Fsp3) is 0.600. The Morgan fingerprint density at radius 1 is 1.20 bits per heavy atom. The molecule has 3 rings (SSSR count). The SMILES string of the molecule is CCc1ccc(CN2C(=O)NC(=O)C23CCCCC3)s1. The minimum absolute atomic E-state index is 0.0885. The summed E-state index contributed by atoms with van der Waals surface area (Å²) in [5, 5.41) is 2.52. The Labute approximate surface area is 123 Å². The minimum Gasteiger partial charge on any atom is -0.305 e. The monoisotopic (exact) mass is 292 g/mol. The molecule has 1 aliphatic carbocycles. The van der Waals surface area contributed by atoms with Gasteiger partial charge in [0.05, 0.1) is 6.54 Å². The van der Waals surface area contributed by atoms with Crippen LogP contribution in [-0.2, 0) is 17.8 Å². The third-order valence-electron chi connectivity index (χ3n) is 4.47. The van der Waals surface area contributed by atoms with E-state index < -0.39 is 5.54 Å². The Morgan fingerprint density at radius 3 is 2.55 bits per heavy atom. The van der Waals surface area contributed by atoms with Crippen LogP contribution in [0.15, 0.2) is 12.1 Å². The molecule has 20 heavy (non-hydrogen) atoms. The van der Waals surface area contributed by atoms with E-state index in [9.17, 15) is 9.59 Å². The molecule has 3 amide bonds. The lowest BCUT2D eigenvalue weighted by Crippen LogP contribution is -2.50. The number of amides is 3. The van der Waals surface area contributed by atoms with Crippen LogP contribution in [-0.4, -0.2) is 22.4 Å². The van der Waals surface area contributed by atoms with Gasteiger partial charge >= 0.3 is 6.03 Å².